The van der Waals surface area contributed by atoms with Gasteiger partial charge in [0.2, 0.25) is 0 Å². The van der Waals surface area contributed by atoms with Crippen molar-refractivity contribution in [3.05, 3.63) is 46.6 Å². The molecule has 1 atom stereocenters. The number of nitrogens with two attached hydrogens (primary N) is 1. The van der Waals surface area contributed by atoms with Gasteiger partial charge in [0.05, 0.1) is 11.3 Å². The van der Waals surface area contributed by atoms with Gasteiger partial charge in [-0.1, -0.05) is 26.0 Å². The van der Waals surface area contributed by atoms with Crippen molar-refractivity contribution in [3.8, 4) is 6.07 Å². The van der Waals surface area contributed by atoms with E-state index in [0.29, 0.717) is 22.9 Å². The quantitative estimate of drug-likeness (QED) is 0.790. The van der Waals surface area contributed by atoms with Crippen molar-refractivity contribution in [2.75, 3.05) is 5.32 Å². The molecule has 114 valence electrons. The Balaban J connectivity index is 2.14. The second kappa shape index (κ2) is 7.10. The number of aromatic nitrogens is 1. The van der Waals surface area contributed by atoms with E-state index in [1.165, 1.54) is 16.9 Å². The fourth-order valence-corrected chi connectivity index (χ4v) is 2.77. The van der Waals surface area contributed by atoms with Gasteiger partial charge in [0.1, 0.15) is 6.07 Å². The fourth-order valence-electron chi connectivity index (χ4n) is 2.05. The number of nitrogens with zero attached hydrogens (tertiary/aromatic N) is 2. The van der Waals surface area contributed by atoms with Gasteiger partial charge in [-0.3, -0.25) is 0 Å². The van der Waals surface area contributed by atoms with Crippen LogP contribution in [0.2, 0.25) is 0 Å². The third-order valence-electron chi connectivity index (χ3n) is 3.61. The molecule has 0 saturated heterocycles. The highest BCUT2D eigenvalue weighted by atomic mass is 32.1. The molecular formula is C17H20N4S. The predicted octanol–water partition coefficient (Wildman–Crippen LogP) is 4.61. The first-order valence-electron chi connectivity index (χ1n) is 7.24. The third-order valence-corrected chi connectivity index (χ3v) is 4.37. The molecular weight excluding hydrogens is 292 g/mol. The zero-order valence-electron chi connectivity index (χ0n) is 13.1. The smallest absolute Gasteiger partial charge is 0.187 e. The fraction of sp³-hybridized carbons (Fsp3) is 0.294. The minimum absolute atomic E-state index is 0.427. The van der Waals surface area contributed by atoms with Crippen molar-refractivity contribution in [3.63, 3.8) is 0 Å². The van der Waals surface area contributed by atoms with Gasteiger partial charge in [0, 0.05) is 16.8 Å². The van der Waals surface area contributed by atoms with Crippen LogP contribution < -0.4 is 11.1 Å². The summed E-state index contributed by atoms with van der Waals surface area (Å²) >= 11 is 1.46. The molecule has 0 spiro atoms. The van der Waals surface area contributed by atoms with E-state index in [1.807, 2.05) is 5.38 Å². The van der Waals surface area contributed by atoms with Crippen molar-refractivity contribution >= 4 is 27.7 Å². The molecule has 1 unspecified atom stereocenters. The summed E-state index contributed by atoms with van der Waals surface area (Å²) < 4.78 is 0. The van der Waals surface area contributed by atoms with E-state index in [2.05, 4.69) is 54.5 Å². The maximum Gasteiger partial charge on any atom is 0.187 e. The van der Waals surface area contributed by atoms with E-state index >= 15 is 0 Å². The number of thiazole rings is 1. The summed E-state index contributed by atoms with van der Waals surface area (Å²) in [5, 5.41) is 15.0. The number of nitriles is 1. The topological polar surface area (TPSA) is 74.7 Å². The summed E-state index contributed by atoms with van der Waals surface area (Å²) in [5.41, 5.74) is 9.55. The van der Waals surface area contributed by atoms with Crippen LogP contribution in [0.3, 0.4) is 0 Å². The van der Waals surface area contributed by atoms with Gasteiger partial charge in [-0.15, -0.1) is 11.3 Å². The van der Waals surface area contributed by atoms with Gasteiger partial charge in [0.15, 0.2) is 5.13 Å². The first-order valence-corrected chi connectivity index (χ1v) is 8.12. The molecule has 22 heavy (non-hydrogen) atoms. The lowest BCUT2D eigenvalue weighted by molar-refractivity contribution is 0.734. The van der Waals surface area contributed by atoms with Crippen LogP contribution in [0.5, 0.6) is 0 Å². The Hall–Kier alpha value is -2.32. The van der Waals surface area contributed by atoms with E-state index in [9.17, 15) is 0 Å². The second-order valence-corrected chi connectivity index (χ2v) is 6.12. The number of hydrogen-bond acceptors (Lipinski definition) is 5. The molecule has 2 rings (SSSR count). The van der Waals surface area contributed by atoms with Gasteiger partial charge in [-0.2, -0.15) is 5.26 Å². The molecule has 0 radical (unpaired) electrons. The zero-order valence-corrected chi connectivity index (χ0v) is 13.9. The highest BCUT2D eigenvalue weighted by Crippen LogP contribution is 2.26. The van der Waals surface area contributed by atoms with E-state index in [0.717, 1.165) is 17.2 Å². The van der Waals surface area contributed by atoms with Gasteiger partial charge < -0.3 is 11.1 Å². The summed E-state index contributed by atoms with van der Waals surface area (Å²) in [6, 6.07) is 10.5. The first-order chi connectivity index (χ1) is 10.5. The Morgan fingerprint density at radius 1 is 1.41 bits per heavy atom. The molecule has 0 aliphatic rings. The number of anilines is 2. The monoisotopic (exact) mass is 312 g/mol. The minimum Gasteiger partial charge on any atom is -0.401 e. The van der Waals surface area contributed by atoms with Crippen molar-refractivity contribution in [1.82, 2.24) is 4.98 Å². The maximum absolute atomic E-state index is 9.11. The maximum atomic E-state index is 9.11. The number of rotatable bonds is 5. The molecule has 1 aromatic carbocycles. The first kappa shape index (κ1) is 16.1. The van der Waals surface area contributed by atoms with Crippen LogP contribution in [0, 0.1) is 11.3 Å². The Labute approximate surface area is 135 Å². The molecule has 1 aromatic heterocycles. The molecule has 0 bridgehead atoms. The van der Waals surface area contributed by atoms with Gasteiger partial charge in [0.25, 0.3) is 0 Å². The summed E-state index contributed by atoms with van der Waals surface area (Å²) in [5.74, 6) is 0.566. The lowest BCUT2D eigenvalue weighted by atomic mass is 9.99. The molecule has 3 N–H and O–H groups in total. The van der Waals surface area contributed by atoms with E-state index < -0.39 is 0 Å². The summed E-state index contributed by atoms with van der Waals surface area (Å²) in [4.78, 5) is 4.42. The van der Waals surface area contributed by atoms with Crippen LogP contribution in [0.25, 0.3) is 5.57 Å². The van der Waals surface area contributed by atoms with Crippen LogP contribution in [0.1, 0.15) is 44.4 Å². The van der Waals surface area contributed by atoms with Crippen molar-refractivity contribution in [2.24, 2.45) is 5.73 Å². The van der Waals surface area contributed by atoms with Gasteiger partial charge in [-0.25, -0.2) is 4.98 Å². The highest BCUT2D eigenvalue weighted by molar-refractivity contribution is 7.13. The number of benzene rings is 1. The van der Waals surface area contributed by atoms with Gasteiger partial charge >= 0.3 is 0 Å². The Kier molecular flexibility index (Phi) is 5.18. The minimum atomic E-state index is 0.427. The van der Waals surface area contributed by atoms with Gasteiger partial charge in [-0.05, 0) is 37.0 Å². The third kappa shape index (κ3) is 3.66. The summed E-state index contributed by atoms with van der Waals surface area (Å²) in [7, 11) is 0. The van der Waals surface area contributed by atoms with Crippen molar-refractivity contribution in [2.45, 2.75) is 33.1 Å². The molecule has 2 aromatic rings. The lowest BCUT2D eigenvalue weighted by Gasteiger charge is -2.10. The lowest BCUT2D eigenvalue weighted by Crippen LogP contribution is -1.97. The molecule has 4 nitrogen and oxygen atoms in total. The molecule has 5 heteroatoms. The summed E-state index contributed by atoms with van der Waals surface area (Å²) in [6.07, 6.45) is 1.13. The van der Waals surface area contributed by atoms with E-state index in [-0.39, 0.29) is 0 Å². The van der Waals surface area contributed by atoms with Crippen molar-refractivity contribution < 1.29 is 0 Å². The average Bonchev–Trinajstić information content (AvgIpc) is 2.95. The number of hydrogen-bond donors (Lipinski definition) is 2. The van der Waals surface area contributed by atoms with E-state index in [1.54, 1.807) is 6.92 Å². The number of allylic oxidation sites excluding steroid dienone is 2. The second-order valence-electron chi connectivity index (χ2n) is 5.26. The van der Waals surface area contributed by atoms with Crippen LogP contribution in [-0.2, 0) is 0 Å². The van der Waals surface area contributed by atoms with Crippen LogP contribution in [-0.4, -0.2) is 4.98 Å². The predicted molar refractivity (Wildman–Crippen MR) is 92.9 cm³/mol. The Morgan fingerprint density at radius 3 is 2.64 bits per heavy atom. The molecule has 1 heterocycles. The van der Waals surface area contributed by atoms with Crippen LogP contribution in [0.15, 0.2) is 35.3 Å². The number of nitrogens with one attached hydrogen (secondary N) is 1. The largest absolute Gasteiger partial charge is 0.401 e. The SMILES string of the molecule is CCC(C)c1ccc(Nc2nc(/C(C#N)=C(\C)N)cs2)cc1. The highest BCUT2D eigenvalue weighted by Gasteiger charge is 2.09. The molecule has 0 saturated carbocycles. The molecule has 0 aliphatic heterocycles. The Morgan fingerprint density at radius 2 is 2.09 bits per heavy atom. The molecule has 0 fully saturated rings. The normalized spacial score (nSPS) is 13.2. The van der Waals surface area contributed by atoms with Crippen LogP contribution >= 0.6 is 11.3 Å². The standard InChI is InChI=1S/C17H20N4S/c1-4-11(2)13-5-7-14(8-6-13)20-17-21-16(10-22-17)15(9-18)12(3)19/h5-8,10-11H,4,19H2,1-3H3,(H,20,21)/b15-12+. The molecule has 0 aliphatic carbocycles. The van der Waals surface area contributed by atoms with Crippen molar-refractivity contribution in [1.29, 1.82) is 5.26 Å². The van der Waals surface area contributed by atoms with Crippen LogP contribution in [0.4, 0.5) is 10.8 Å². The average molecular weight is 312 g/mol. The van der Waals surface area contributed by atoms with E-state index in [4.69, 9.17) is 11.0 Å². The Bertz CT molecular complexity index is 703. The zero-order chi connectivity index (χ0) is 16.1. The molecule has 0 amide bonds. The summed E-state index contributed by atoms with van der Waals surface area (Å²) in [6.45, 7) is 6.12.